The van der Waals surface area contributed by atoms with E-state index in [0.717, 1.165) is 0 Å². The number of carbonyl (C=O) groups excluding carboxylic acids is 2. The van der Waals surface area contributed by atoms with Crippen LogP contribution in [0.15, 0.2) is 24.3 Å². The van der Waals surface area contributed by atoms with Crippen LogP contribution in [0.4, 0.5) is 0 Å². The molecule has 1 saturated heterocycles. The van der Waals surface area contributed by atoms with Crippen LogP contribution in [0.5, 0.6) is 5.75 Å². The van der Waals surface area contributed by atoms with Crippen LogP contribution in [-0.2, 0) is 14.3 Å². The van der Waals surface area contributed by atoms with Gasteiger partial charge in [0.15, 0.2) is 0 Å². The van der Waals surface area contributed by atoms with Crippen LogP contribution in [0.25, 0.3) is 0 Å². The van der Waals surface area contributed by atoms with E-state index in [2.05, 4.69) is 10.1 Å². The SMILES string of the molecule is COC(=O)C[C@@H]1C(=O)NCCN1CCOc1ccccc1Cl. The fraction of sp³-hybridized carbons (Fsp3) is 0.467. The number of hydrogen-bond donors (Lipinski definition) is 1. The Hall–Kier alpha value is -1.79. The van der Waals surface area contributed by atoms with Crippen molar-refractivity contribution in [3.8, 4) is 5.75 Å². The average Bonchev–Trinajstić information content (AvgIpc) is 2.52. The third kappa shape index (κ3) is 4.35. The number of nitrogens with zero attached hydrogens (tertiary/aromatic N) is 1. The molecule has 1 fully saturated rings. The maximum absolute atomic E-state index is 11.9. The molecule has 6 nitrogen and oxygen atoms in total. The molecule has 2 rings (SSSR count). The molecule has 120 valence electrons. The van der Waals surface area contributed by atoms with Crippen LogP contribution < -0.4 is 10.1 Å². The zero-order chi connectivity index (χ0) is 15.9. The molecule has 0 bridgehead atoms. The summed E-state index contributed by atoms with van der Waals surface area (Å²) < 4.78 is 10.3. The molecule has 1 N–H and O–H groups in total. The van der Waals surface area contributed by atoms with E-state index >= 15 is 0 Å². The first-order valence-corrected chi connectivity index (χ1v) is 7.45. The van der Waals surface area contributed by atoms with Gasteiger partial charge in [0.2, 0.25) is 5.91 Å². The second kappa shape index (κ2) is 8.00. The van der Waals surface area contributed by atoms with Gasteiger partial charge in [-0.05, 0) is 12.1 Å². The molecule has 1 aromatic carbocycles. The molecule has 7 heteroatoms. The Morgan fingerprint density at radius 3 is 2.95 bits per heavy atom. The van der Waals surface area contributed by atoms with E-state index < -0.39 is 12.0 Å². The molecule has 0 aliphatic carbocycles. The van der Waals surface area contributed by atoms with Crippen molar-refractivity contribution < 1.29 is 19.1 Å². The van der Waals surface area contributed by atoms with E-state index in [-0.39, 0.29) is 12.3 Å². The number of benzene rings is 1. The Labute approximate surface area is 134 Å². The van der Waals surface area contributed by atoms with Crippen molar-refractivity contribution in [2.24, 2.45) is 0 Å². The average molecular weight is 327 g/mol. The molecule has 0 unspecified atom stereocenters. The van der Waals surface area contributed by atoms with Gasteiger partial charge < -0.3 is 14.8 Å². The highest BCUT2D eigenvalue weighted by Crippen LogP contribution is 2.23. The third-order valence-corrected chi connectivity index (χ3v) is 3.81. The minimum Gasteiger partial charge on any atom is -0.491 e. The zero-order valence-electron chi connectivity index (χ0n) is 12.4. The molecule has 1 heterocycles. The molecular formula is C15H19ClN2O4. The first kappa shape index (κ1) is 16.6. The highest BCUT2D eigenvalue weighted by molar-refractivity contribution is 6.32. The van der Waals surface area contributed by atoms with Crippen molar-refractivity contribution >= 4 is 23.5 Å². The molecular weight excluding hydrogens is 308 g/mol. The lowest BCUT2D eigenvalue weighted by atomic mass is 10.1. The number of methoxy groups -OCH3 is 1. The first-order valence-electron chi connectivity index (χ1n) is 7.07. The molecule has 0 radical (unpaired) electrons. The van der Waals surface area contributed by atoms with Crippen molar-refractivity contribution in [3.63, 3.8) is 0 Å². The topological polar surface area (TPSA) is 67.9 Å². The van der Waals surface area contributed by atoms with Crippen molar-refractivity contribution in [3.05, 3.63) is 29.3 Å². The lowest BCUT2D eigenvalue weighted by molar-refractivity contribution is -0.146. The highest BCUT2D eigenvalue weighted by Gasteiger charge is 2.31. The number of nitrogens with one attached hydrogen (secondary N) is 1. The Balaban J connectivity index is 1.90. The van der Waals surface area contributed by atoms with E-state index in [1.54, 1.807) is 12.1 Å². The number of halogens is 1. The predicted molar refractivity (Wildman–Crippen MR) is 82.0 cm³/mol. The number of hydrogen-bond acceptors (Lipinski definition) is 5. The fourth-order valence-corrected chi connectivity index (χ4v) is 2.52. The summed E-state index contributed by atoms with van der Waals surface area (Å²) >= 11 is 6.02. The normalized spacial score (nSPS) is 18.6. The van der Waals surface area contributed by atoms with Crippen LogP contribution in [0.1, 0.15) is 6.42 Å². The molecule has 1 amide bonds. The summed E-state index contributed by atoms with van der Waals surface area (Å²) in [5, 5.41) is 3.30. The molecule has 1 aliphatic heterocycles. The lowest BCUT2D eigenvalue weighted by Crippen LogP contribution is -2.56. The summed E-state index contributed by atoms with van der Waals surface area (Å²) in [5.41, 5.74) is 0. The molecule has 1 aromatic rings. The van der Waals surface area contributed by atoms with E-state index in [1.807, 2.05) is 17.0 Å². The summed E-state index contributed by atoms with van der Waals surface area (Å²) in [4.78, 5) is 25.3. The second-order valence-electron chi connectivity index (χ2n) is 4.90. The number of piperazine rings is 1. The van der Waals surface area contributed by atoms with Gasteiger partial charge in [0.1, 0.15) is 12.4 Å². The standard InChI is InChI=1S/C15H19ClN2O4/c1-21-14(19)10-12-15(20)17-6-7-18(12)8-9-22-13-5-3-2-4-11(13)16/h2-5,12H,6-10H2,1H3,(H,17,20)/t12-/m1/s1. The second-order valence-corrected chi connectivity index (χ2v) is 5.31. The Kier molecular flexibility index (Phi) is 6.03. The van der Waals surface area contributed by atoms with Crippen molar-refractivity contribution in [2.75, 3.05) is 33.4 Å². The smallest absolute Gasteiger partial charge is 0.307 e. The minimum absolute atomic E-state index is 0.0361. The summed E-state index contributed by atoms with van der Waals surface area (Å²) in [7, 11) is 1.31. The molecule has 1 atom stereocenters. The van der Waals surface area contributed by atoms with Gasteiger partial charge in [-0.25, -0.2) is 0 Å². The number of amides is 1. The first-order chi connectivity index (χ1) is 10.6. The monoisotopic (exact) mass is 326 g/mol. The fourth-order valence-electron chi connectivity index (χ4n) is 2.33. The van der Waals surface area contributed by atoms with Gasteiger partial charge in [-0.1, -0.05) is 23.7 Å². The number of carbonyl (C=O) groups is 2. The summed E-state index contributed by atoms with van der Waals surface area (Å²) in [6, 6.07) is 6.70. The van der Waals surface area contributed by atoms with Crippen LogP contribution in [0.3, 0.4) is 0 Å². The van der Waals surface area contributed by atoms with Gasteiger partial charge in [-0.3, -0.25) is 14.5 Å². The summed E-state index contributed by atoms with van der Waals surface area (Å²) in [5.74, 6) is 0.0450. The van der Waals surface area contributed by atoms with Crippen LogP contribution in [0, 0.1) is 0 Å². The van der Waals surface area contributed by atoms with Gasteiger partial charge in [-0.2, -0.15) is 0 Å². The van der Waals surface area contributed by atoms with Gasteiger partial charge in [0.25, 0.3) is 0 Å². The molecule has 0 saturated carbocycles. The van der Waals surface area contributed by atoms with Crippen LogP contribution in [0.2, 0.25) is 5.02 Å². The largest absolute Gasteiger partial charge is 0.491 e. The number of rotatable bonds is 6. The van der Waals surface area contributed by atoms with Gasteiger partial charge in [0.05, 0.1) is 24.6 Å². The Morgan fingerprint density at radius 1 is 1.45 bits per heavy atom. The zero-order valence-corrected chi connectivity index (χ0v) is 13.1. The molecule has 0 aromatic heterocycles. The minimum atomic E-state index is -0.518. The van der Waals surface area contributed by atoms with E-state index in [1.165, 1.54) is 7.11 Å². The molecule has 1 aliphatic rings. The quantitative estimate of drug-likeness (QED) is 0.792. The van der Waals surface area contributed by atoms with E-state index in [9.17, 15) is 9.59 Å². The van der Waals surface area contributed by atoms with Crippen molar-refractivity contribution in [1.82, 2.24) is 10.2 Å². The Bertz CT molecular complexity index is 538. The van der Waals surface area contributed by atoms with Crippen molar-refractivity contribution in [1.29, 1.82) is 0 Å². The summed E-state index contributed by atoms with van der Waals surface area (Å²) in [6.07, 6.45) is 0.0361. The van der Waals surface area contributed by atoms with E-state index in [0.29, 0.717) is 37.0 Å². The van der Waals surface area contributed by atoms with Crippen LogP contribution >= 0.6 is 11.6 Å². The number of esters is 1. The maximum atomic E-state index is 11.9. The lowest BCUT2D eigenvalue weighted by Gasteiger charge is -2.34. The number of para-hydroxylation sites is 1. The predicted octanol–water partition coefficient (Wildman–Crippen LogP) is 1.08. The van der Waals surface area contributed by atoms with Gasteiger partial charge in [0, 0.05) is 19.6 Å². The molecule has 0 spiro atoms. The number of ether oxygens (including phenoxy) is 2. The van der Waals surface area contributed by atoms with Gasteiger partial charge in [-0.15, -0.1) is 0 Å². The molecule has 22 heavy (non-hydrogen) atoms. The third-order valence-electron chi connectivity index (χ3n) is 3.50. The maximum Gasteiger partial charge on any atom is 0.307 e. The van der Waals surface area contributed by atoms with Gasteiger partial charge >= 0.3 is 5.97 Å². The summed E-state index contributed by atoms with van der Waals surface area (Å²) in [6.45, 7) is 2.14. The van der Waals surface area contributed by atoms with Crippen molar-refractivity contribution in [2.45, 2.75) is 12.5 Å². The Morgan fingerprint density at radius 2 is 2.23 bits per heavy atom. The van der Waals surface area contributed by atoms with E-state index in [4.69, 9.17) is 16.3 Å². The highest BCUT2D eigenvalue weighted by atomic mass is 35.5. The van der Waals surface area contributed by atoms with Crippen LogP contribution in [-0.4, -0.2) is 56.2 Å².